The van der Waals surface area contributed by atoms with Gasteiger partial charge in [0.05, 0.1) is 12.3 Å². The van der Waals surface area contributed by atoms with Crippen LogP contribution in [0.3, 0.4) is 0 Å². The number of aromatic carboxylic acids is 1. The van der Waals surface area contributed by atoms with E-state index in [0.717, 1.165) is 36.1 Å². The summed E-state index contributed by atoms with van der Waals surface area (Å²) in [5.74, 6) is -0.393. The maximum absolute atomic E-state index is 13.4. The van der Waals surface area contributed by atoms with E-state index in [1.807, 2.05) is 32.0 Å². The topological polar surface area (TPSA) is 62.0 Å². The van der Waals surface area contributed by atoms with Gasteiger partial charge in [-0.1, -0.05) is 31.2 Å². The monoisotopic (exact) mass is 410 g/mol. The number of hydrogen-bond acceptors (Lipinski definition) is 3. The van der Waals surface area contributed by atoms with Gasteiger partial charge in [0.1, 0.15) is 4.88 Å². The molecule has 0 atom stereocenters. The summed E-state index contributed by atoms with van der Waals surface area (Å²) >= 11 is 1.17. The van der Waals surface area contributed by atoms with E-state index < -0.39 is 5.97 Å². The minimum atomic E-state index is -1.02. The van der Waals surface area contributed by atoms with Gasteiger partial charge >= 0.3 is 5.97 Å². The van der Waals surface area contributed by atoms with Crippen molar-refractivity contribution in [2.45, 2.75) is 52.5 Å². The largest absolute Gasteiger partial charge is 0.477 e. The van der Waals surface area contributed by atoms with Gasteiger partial charge in [-0.25, -0.2) is 9.64 Å². The molecule has 0 spiro atoms. The fourth-order valence-electron chi connectivity index (χ4n) is 3.91. The number of rotatable bonds is 5. The molecule has 29 heavy (non-hydrogen) atoms. The molecule has 0 aliphatic heterocycles. The average Bonchev–Trinajstić information content (AvgIpc) is 3.13. The van der Waals surface area contributed by atoms with Crippen LogP contribution in [-0.2, 0) is 4.79 Å². The highest BCUT2D eigenvalue weighted by atomic mass is 32.1. The fourth-order valence-corrected chi connectivity index (χ4v) is 4.90. The summed E-state index contributed by atoms with van der Waals surface area (Å²) in [6.45, 7) is 13.2. The molecular formula is C23H26N2O3S. The van der Waals surface area contributed by atoms with Gasteiger partial charge in [0.2, 0.25) is 5.91 Å². The summed E-state index contributed by atoms with van der Waals surface area (Å²) in [6.07, 6.45) is 3.80. The van der Waals surface area contributed by atoms with Gasteiger partial charge in [-0.3, -0.25) is 4.79 Å². The van der Waals surface area contributed by atoms with Gasteiger partial charge in [-0.2, -0.15) is 0 Å². The minimum Gasteiger partial charge on any atom is -0.477 e. The fraction of sp³-hybridized carbons (Fsp3) is 0.435. The molecule has 1 heterocycles. The Hall–Kier alpha value is -2.65. The molecule has 3 rings (SSSR count). The number of carboxylic acid groups (broad SMARTS) is 1. The van der Waals surface area contributed by atoms with E-state index >= 15 is 0 Å². The molecule has 6 heteroatoms. The molecule has 2 aromatic rings. The summed E-state index contributed by atoms with van der Waals surface area (Å²) in [7, 11) is 0. The van der Waals surface area contributed by atoms with Gasteiger partial charge in [-0.05, 0) is 57.1 Å². The SMILES string of the molecule is [C-]#[N+]c1ccc(-c2cc(N(C(=O)C3CCC(C)CC3)C(C)C)c(C(=O)O)s2)cc1. The second-order valence-electron chi connectivity index (χ2n) is 8.05. The standard InChI is InChI=1S/C23H26N2O3S/c1-14(2)25(22(26)17-7-5-15(3)6-8-17)19-13-20(29-21(19)23(27)28)16-9-11-18(24-4)12-10-16/h9-15,17H,5-8H2,1-3H3,(H,27,28). The van der Waals surface area contributed by atoms with E-state index in [0.29, 0.717) is 17.3 Å². The molecule has 5 nitrogen and oxygen atoms in total. The molecule has 1 aliphatic carbocycles. The third-order valence-corrected chi connectivity index (χ3v) is 6.73. The Balaban J connectivity index is 1.99. The van der Waals surface area contributed by atoms with Crippen LogP contribution >= 0.6 is 11.3 Å². The predicted molar refractivity (Wildman–Crippen MR) is 117 cm³/mol. The number of carbonyl (C=O) groups excluding carboxylic acids is 1. The van der Waals surface area contributed by atoms with Crippen molar-refractivity contribution >= 4 is 34.6 Å². The summed E-state index contributed by atoms with van der Waals surface area (Å²) in [6, 6.07) is 8.75. The smallest absolute Gasteiger partial charge is 0.348 e. The van der Waals surface area contributed by atoms with Crippen molar-refractivity contribution in [1.29, 1.82) is 0 Å². The van der Waals surface area contributed by atoms with E-state index in [2.05, 4.69) is 11.8 Å². The first kappa shape index (κ1) is 21.1. The number of amides is 1. The summed E-state index contributed by atoms with van der Waals surface area (Å²) in [4.78, 5) is 31.4. The molecule has 1 aromatic heterocycles. The van der Waals surface area contributed by atoms with E-state index in [1.165, 1.54) is 11.3 Å². The lowest BCUT2D eigenvalue weighted by Crippen LogP contribution is -2.42. The van der Waals surface area contributed by atoms with Crippen LogP contribution in [0.2, 0.25) is 0 Å². The number of hydrogen-bond donors (Lipinski definition) is 1. The normalized spacial score (nSPS) is 19.0. The van der Waals surface area contributed by atoms with Crippen LogP contribution in [0, 0.1) is 18.4 Å². The molecule has 1 aliphatic rings. The second-order valence-corrected chi connectivity index (χ2v) is 9.10. The highest BCUT2D eigenvalue weighted by molar-refractivity contribution is 7.18. The Morgan fingerprint density at radius 1 is 1.17 bits per heavy atom. The molecule has 0 radical (unpaired) electrons. The Morgan fingerprint density at radius 2 is 1.79 bits per heavy atom. The van der Waals surface area contributed by atoms with E-state index in [-0.39, 0.29) is 22.7 Å². The van der Waals surface area contributed by atoms with Crippen LogP contribution in [0.5, 0.6) is 0 Å². The third kappa shape index (κ3) is 4.51. The maximum atomic E-state index is 13.4. The second kappa shape index (κ2) is 8.79. The highest BCUT2D eigenvalue weighted by Crippen LogP contribution is 2.40. The molecule has 1 saturated carbocycles. The van der Waals surface area contributed by atoms with E-state index in [4.69, 9.17) is 6.57 Å². The van der Waals surface area contributed by atoms with E-state index in [9.17, 15) is 14.7 Å². The number of nitrogens with zero attached hydrogens (tertiary/aromatic N) is 2. The van der Waals surface area contributed by atoms with Crippen molar-refractivity contribution in [3.63, 3.8) is 0 Å². The lowest BCUT2D eigenvalue weighted by atomic mass is 9.82. The maximum Gasteiger partial charge on any atom is 0.348 e. The Labute approximate surface area is 175 Å². The van der Waals surface area contributed by atoms with Crippen LogP contribution in [0.4, 0.5) is 11.4 Å². The third-order valence-electron chi connectivity index (χ3n) is 5.57. The first-order valence-electron chi connectivity index (χ1n) is 10.00. The average molecular weight is 411 g/mol. The molecule has 1 fully saturated rings. The van der Waals surface area contributed by atoms with Crippen molar-refractivity contribution in [1.82, 2.24) is 0 Å². The molecule has 152 valence electrons. The van der Waals surface area contributed by atoms with Crippen LogP contribution in [0.15, 0.2) is 30.3 Å². The van der Waals surface area contributed by atoms with Gasteiger partial charge in [-0.15, -0.1) is 11.3 Å². The zero-order chi connectivity index (χ0) is 21.1. The molecule has 1 N–H and O–H groups in total. The summed E-state index contributed by atoms with van der Waals surface area (Å²) in [5, 5.41) is 9.80. The first-order chi connectivity index (χ1) is 13.8. The molecule has 0 bridgehead atoms. The molecule has 0 saturated heterocycles. The van der Waals surface area contributed by atoms with Gasteiger partial charge in [0, 0.05) is 16.8 Å². The molecule has 1 aromatic carbocycles. The van der Waals surface area contributed by atoms with Crippen LogP contribution in [0.1, 0.15) is 56.1 Å². The first-order valence-corrected chi connectivity index (χ1v) is 10.8. The lowest BCUT2D eigenvalue weighted by molar-refractivity contribution is -0.123. The van der Waals surface area contributed by atoms with Gasteiger partial charge in [0.25, 0.3) is 0 Å². The van der Waals surface area contributed by atoms with Crippen molar-refractivity contribution in [3.8, 4) is 10.4 Å². The summed E-state index contributed by atoms with van der Waals surface area (Å²) < 4.78 is 0. The number of carboxylic acids is 1. The zero-order valence-electron chi connectivity index (χ0n) is 17.0. The van der Waals surface area contributed by atoms with Crippen molar-refractivity contribution in [2.24, 2.45) is 11.8 Å². The van der Waals surface area contributed by atoms with E-state index in [1.54, 1.807) is 17.0 Å². The molecule has 0 unspecified atom stereocenters. The van der Waals surface area contributed by atoms with Crippen LogP contribution in [0.25, 0.3) is 15.3 Å². The molecule has 1 amide bonds. The lowest BCUT2D eigenvalue weighted by Gasteiger charge is -2.33. The highest BCUT2D eigenvalue weighted by Gasteiger charge is 2.33. The Kier molecular flexibility index (Phi) is 6.39. The quantitative estimate of drug-likeness (QED) is 0.594. The molecular weight excluding hydrogens is 384 g/mol. The Bertz CT molecular complexity index is 932. The van der Waals surface area contributed by atoms with Gasteiger partial charge < -0.3 is 10.0 Å². The van der Waals surface area contributed by atoms with Crippen molar-refractivity contribution in [2.75, 3.05) is 4.90 Å². The van der Waals surface area contributed by atoms with Crippen molar-refractivity contribution < 1.29 is 14.7 Å². The summed E-state index contributed by atoms with van der Waals surface area (Å²) in [5.41, 5.74) is 1.86. The van der Waals surface area contributed by atoms with Crippen LogP contribution in [-0.4, -0.2) is 23.0 Å². The zero-order valence-corrected chi connectivity index (χ0v) is 17.8. The minimum absolute atomic E-state index is 0.0297. The number of thiophene rings is 1. The number of anilines is 1. The predicted octanol–water partition coefficient (Wildman–Crippen LogP) is 6.23. The van der Waals surface area contributed by atoms with Crippen molar-refractivity contribution in [3.05, 3.63) is 46.6 Å². The Morgan fingerprint density at radius 3 is 2.31 bits per heavy atom. The number of carbonyl (C=O) groups is 2. The van der Waals surface area contributed by atoms with Gasteiger partial charge in [0.15, 0.2) is 5.69 Å². The number of benzene rings is 1. The van der Waals surface area contributed by atoms with Crippen LogP contribution < -0.4 is 4.90 Å².